The maximum Gasteiger partial charge on any atom is 0.325 e. The van der Waals surface area contributed by atoms with Crippen molar-refractivity contribution in [3.05, 3.63) is 35.5 Å². The van der Waals surface area contributed by atoms with Gasteiger partial charge in [0.15, 0.2) is 5.13 Å². The molecule has 1 aromatic heterocycles. The second-order valence-electron chi connectivity index (χ2n) is 7.38. The van der Waals surface area contributed by atoms with Gasteiger partial charge in [-0.2, -0.15) is 0 Å². The molecule has 152 valence electrons. The summed E-state index contributed by atoms with van der Waals surface area (Å²) in [4.78, 5) is 42.7. The lowest BCUT2D eigenvalue weighted by Crippen LogP contribution is -2.48. The molecule has 1 aromatic carbocycles. The number of aromatic nitrogens is 1. The minimum atomic E-state index is -0.777. The molecule has 29 heavy (non-hydrogen) atoms. The Morgan fingerprint density at radius 1 is 1.28 bits per heavy atom. The molecule has 2 N–H and O–H groups in total. The Hall–Kier alpha value is -2.81. The molecule has 0 unspecified atom stereocenters. The standard InChI is InChI=1S/C20H21FN4O3S/c21-14-6-4-5-13(11-14)15-12-29-18(22-15)23-16(26)7-10-25-17(27)20(24-19(25)28)8-2-1-3-9-20/h4-6,11-12H,1-3,7-10H2,(H,24,28)(H,22,23,26). The molecule has 1 saturated heterocycles. The van der Waals surface area contributed by atoms with Gasteiger partial charge in [-0.1, -0.05) is 31.4 Å². The first-order chi connectivity index (χ1) is 14.0. The number of hydrogen-bond acceptors (Lipinski definition) is 5. The van der Waals surface area contributed by atoms with Crippen molar-refractivity contribution in [2.45, 2.75) is 44.1 Å². The van der Waals surface area contributed by atoms with Crippen LogP contribution in [0, 0.1) is 5.82 Å². The van der Waals surface area contributed by atoms with Crippen LogP contribution in [0.2, 0.25) is 0 Å². The largest absolute Gasteiger partial charge is 0.325 e. The predicted molar refractivity (Wildman–Crippen MR) is 107 cm³/mol. The number of rotatable bonds is 5. The SMILES string of the molecule is O=C(CCN1C(=O)NC2(CCCCC2)C1=O)Nc1nc(-c2cccc(F)c2)cs1. The van der Waals surface area contributed by atoms with E-state index in [-0.39, 0.29) is 30.6 Å². The van der Waals surface area contributed by atoms with E-state index >= 15 is 0 Å². The van der Waals surface area contributed by atoms with Gasteiger partial charge < -0.3 is 10.6 Å². The molecule has 2 aromatic rings. The van der Waals surface area contributed by atoms with E-state index in [0.29, 0.717) is 29.2 Å². The minimum absolute atomic E-state index is 0.00980. The predicted octanol–water partition coefficient (Wildman–Crippen LogP) is 3.53. The molecule has 1 saturated carbocycles. The zero-order chi connectivity index (χ0) is 20.4. The second kappa shape index (κ2) is 7.90. The van der Waals surface area contributed by atoms with Crippen molar-refractivity contribution in [3.63, 3.8) is 0 Å². The average Bonchev–Trinajstić information content (AvgIpc) is 3.25. The van der Waals surface area contributed by atoms with Crippen molar-refractivity contribution in [1.29, 1.82) is 0 Å². The number of hydrogen-bond donors (Lipinski definition) is 2. The van der Waals surface area contributed by atoms with Crippen LogP contribution in [-0.4, -0.2) is 39.8 Å². The van der Waals surface area contributed by atoms with Gasteiger partial charge in [-0.25, -0.2) is 14.2 Å². The molecule has 2 fully saturated rings. The fourth-order valence-corrected chi connectivity index (χ4v) is 4.62. The van der Waals surface area contributed by atoms with E-state index in [1.165, 1.54) is 23.5 Å². The van der Waals surface area contributed by atoms with E-state index < -0.39 is 11.6 Å². The van der Waals surface area contributed by atoms with Crippen LogP contribution in [0.5, 0.6) is 0 Å². The Bertz CT molecular complexity index is 955. The monoisotopic (exact) mass is 416 g/mol. The normalized spacial score (nSPS) is 18.2. The fraction of sp³-hybridized carbons (Fsp3) is 0.400. The lowest BCUT2D eigenvalue weighted by molar-refractivity contribution is -0.132. The van der Waals surface area contributed by atoms with Crippen molar-refractivity contribution in [2.75, 3.05) is 11.9 Å². The van der Waals surface area contributed by atoms with E-state index in [4.69, 9.17) is 0 Å². The minimum Gasteiger partial charge on any atom is -0.323 e. The van der Waals surface area contributed by atoms with Gasteiger partial charge >= 0.3 is 6.03 Å². The highest BCUT2D eigenvalue weighted by Gasteiger charge is 2.51. The van der Waals surface area contributed by atoms with Gasteiger partial charge in [-0.15, -0.1) is 11.3 Å². The topological polar surface area (TPSA) is 91.4 Å². The maximum absolute atomic E-state index is 13.4. The Morgan fingerprint density at radius 3 is 2.83 bits per heavy atom. The molecule has 2 aliphatic rings. The number of urea groups is 1. The van der Waals surface area contributed by atoms with Gasteiger partial charge in [0.25, 0.3) is 5.91 Å². The summed E-state index contributed by atoms with van der Waals surface area (Å²) in [5.41, 5.74) is 0.415. The summed E-state index contributed by atoms with van der Waals surface area (Å²) in [7, 11) is 0. The summed E-state index contributed by atoms with van der Waals surface area (Å²) in [6.07, 6.45) is 4.20. The first-order valence-electron chi connectivity index (χ1n) is 9.62. The Morgan fingerprint density at radius 2 is 2.07 bits per heavy atom. The molecule has 1 spiro atoms. The lowest BCUT2D eigenvalue weighted by Gasteiger charge is -2.30. The molecule has 2 heterocycles. The van der Waals surface area contributed by atoms with E-state index in [1.807, 2.05) is 0 Å². The summed E-state index contributed by atoms with van der Waals surface area (Å²) in [5.74, 6) is -0.918. The van der Waals surface area contributed by atoms with Crippen molar-refractivity contribution in [1.82, 2.24) is 15.2 Å². The average molecular weight is 416 g/mol. The second-order valence-corrected chi connectivity index (χ2v) is 8.23. The highest BCUT2D eigenvalue weighted by atomic mass is 32.1. The molecule has 0 bridgehead atoms. The number of carbonyl (C=O) groups is 3. The molecule has 9 heteroatoms. The lowest BCUT2D eigenvalue weighted by atomic mass is 9.82. The van der Waals surface area contributed by atoms with Crippen LogP contribution in [-0.2, 0) is 9.59 Å². The maximum atomic E-state index is 13.4. The van der Waals surface area contributed by atoms with Crippen LogP contribution in [0.25, 0.3) is 11.3 Å². The number of nitrogens with one attached hydrogen (secondary N) is 2. The number of imide groups is 1. The Balaban J connectivity index is 1.34. The van der Waals surface area contributed by atoms with Crippen LogP contribution < -0.4 is 10.6 Å². The number of anilines is 1. The summed E-state index contributed by atoms with van der Waals surface area (Å²) >= 11 is 1.23. The molecule has 4 amide bonds. The first kappa shape index (κ1) is 19.5. The number of amides is 4. The third-order valence-corrected chi connectivity index (χ3v) is 6.14. The van der Waals surface area contributed by atoms with Crippen LogP contribution in [0.3, 0.4) is 0 Å². The number of thiazole rings is 1. The van der Waals surface area contributed by atoms with E-state index in [1.54, 1.807) is 17.5 Å². The summed E-state index contributed by atoms with van der Waals surface area (Å²) in [5, 5.41) is 7.63. The van der Waals surface area contributed by atoms with Crippen LogP contribution in [0.1, 0.15) is 38.5 Å². The summed E-state index contributed by atoms with van der Waals surface area (Å²) < 4.78 is 13.4. The summed E-state index contributed by atoms with van der Waals surface area (Å²) in [6.45, 7) is 0.0282. The van der Waals surface area contributed by atoms with Crippen molar-refractivity contribution < 1.29 is 18.8 Å². The number of halogens is 1. The first-order valence-corrected chi connectivity index (χ1v) is 10.5. The van der Waals surface area contributed by atoms with Gasteiger partial charge in [0.05, 0.1) is 5.69 Å². The molecule has 0 radical (unpaired) electrons. The smallest absolute Gasteiger partial charge is 0.323 e. The van der Waals surface area contributed by atoms with Crippen LogP contribution in [0.4, 0.5) is 14.3 Å². The van der Waals surface area contributed by atoms with Gasteiger partial charge in [0.2, 0.25) is 5.91 Å². The van der Waals surface area contributed by atoms with Gasteiger partial charge in [-0.05, 0) is 25.0 Å². The molecular formula is C20H21FN4O3S. The highest BCUT2D eigenvalue weighted by Crippen LogP contribution is 2.33. The zero-order valence-corrected chi connectivity index (χ0v) is 16.6. The summed E-state index contributed by atoms with van der Waals surface area (Å²) in [6, 6.07) is 5.64. The Labute approximate surface area is 171 Å². The molecule has 0 atom stereocenters. The zero-order valence-electron chi connectivity index (χ0n) is 15.7. The van der Waals surface area contributed by atoms with E-state index in [0.717, 1.165) is 24.2 Å². The third-order valence-electron chi connectivity index (χ3n) is 5.39. The Kier molecular flexibility index (Phi) is 5.31. The van der Waals surface area contributed by atoms with Crippen molar-refractivity contribution in [2.24, 2.45) is 0 Å². The van der Waals surface area contributed by atoms with Crippen molar-refractivity contribution >= 4 is 34.3 Å². The molecule has 1 aliphatic carbocycles. The van der Waals surface area contributed by atoms with Gasteiger partial charge in [0, 0.05) is 23.9 Å². The number of nitrogens with zero attached hydrogens (tertiary/aromatic N) is 2. The van der Waals surface area contributed by atoms with Gasteiger partial charge in [-0.3, -0.25) is 14.5 Å². The molecule has 4 rings (SSSR count). The molecule has 1 aliphatic heterocycles. The number of carbonyl (C=O) groups excluding carboxylic acids is 3. The van der Waals surface area contributed by atoms with Crippen LogP contribution in [0.15, 0.2) is 29.6 Å². The van der Waals surface area contributed by atoms with Gasteiger partial charge in [0.1, 0.15) is 11.4 Å². The van der Waals surface area contributed by atoms with E-state index in [9.17, 15) is 18.8 Å². The fourth-order valence-electron chi connectivity index (χ4n) is 3.88. The molecular weight excluding hydrogens is 395 g/mol. The highest BCUT2D eigenvalue weighted by molar-refractivity contribution is 7.14. The van der Waals surface area contributed by atoms with Crippen molar-refractivity contribution in [3.8, 4) is 11.3 Å². The van der Waals surface area contributed by atoms with E-state index in [2.05, 4.69) is 15.6 Å². The van der Waals surface area contributed by atoms with Crippen LogP contribution >= 0.6 is 11.3 Å². The molecule has 7 nitrogen and oxygen atoms in total. The quantitative estimate of drug-likeness (QED) is 0.730. The number of benzene rings is 1. The third kappa shape index (κ3) is 4.00.